The Balaban J connectivity index is 1.87. The van der Waals surface area contributed by atoms with Crippen LogP contribution in [0.25, 0.3) is 0 Å². The van der Waals surface area contributed by atoms with E-state index < -0.39 is 0 Å². The van der Waals surface area contributed by atoms with Crippen molar-refractivity contribution in [3.05, 3.63) is 71.3 Å². The summed E-state index contributed by atoms with van der Waals surface area (Å²) in [6.45, 7) is 0.354. The third-order valence-electron chi connectivity index (χ3n) is 3.59. The standard InChI is InChI=1S/C17H15NO2/c19-16-10-14-8-4-5-9-15(14)11-17(20)18(16)12-13-6-2-1-3-7-13/h1-9H,10-12H2. The normalized spacial score (nSPS) is 14.9. The molecule has 2 amide bonds. The summed E-state index contributed by atoms with van der Waals surface area (Å²) in [5, 5.41) is 0. The lowest BCUT2D eigenvalue weighted by molar-refractivity contribution is -0.144. The molecule has 0 aliphatic carbocycles. The number of fused-ring (bicyclic) bond motifs is 1. The molecule has 0 saturated heterocycles. The second-order valence-corrected chi connectivity index (χ2v) is 4.98. The summed E-state index contributed by atoms with van der Waals surface area (Å²) in [4.78, 5) is 26.0. The van der Waals surface area contributed by atoms with Crippen LogP contribution in [0.5, 0.6) is 0 Å². The zero-order valence-electron chi connectivity index (χ0n) is 11.1. The minimum atomic E-state index is -0.121. The van der Waals surface area contributed by atoms with Crippen LogP contribution in [0.4, 0.5) is 0 Å². The van der Waals surface area contributed by atoms with Crippen molar-refractivity contribution in [2.24, 2.45) is 0 Å². The average molecular weight is 265 g/mol. The molecular formula is C17H15NO2. The van der Waals surface area contributed by atoms with E-state index in [4.69, 9.17) is 0 Å². The van der Waals surface area contributed by atoms with Gasteiger partial charge in [-0.25, -0.2) is 0 Å². The summed E-state index contributed by atoms with van der Waals surface area (Å²) < 4.78 is 0. The highest BCUT2D eigenvalue weighted by Crippen LogP contribution is 2.18. The van der Waals surface area contributed by atoms with Crippen molar-refractivity contribution >= 4 is 11.8 Å². The fraction of sp³-hybridized carbons (Fsp3) is 0.176. The monoisotopic (exact) mass is 265 g/mol. The molecule has 0 N–H and O–H groups in total. The van der Waals surface area contributed by atoms with Crippen molar-refractivity contribution in [2.75, 3.05) is 0 Å². The highest BCUT2D eigenvalue weighted by atomic mass is 16.2. The minimum Gasteiger partial charge on any atom is -0.278 e. The predicted octanol–water partition coefficient (Wildman–Crippen LogP) is 2.34. The zero-order valence-corrected chi connectivity index (χ0v) is 11.1. The lowest BCUT2D eigenvalue weighted by Crippen LogP contribution is -2.36. The maximum Gasteiger partial charge on any atom is 0.233 e. The van der Waals surface area contributed by atoms with Gasteiger partial charge in [0.1, 0.15) is 0 Å². The number of imide groups is 1. The molecule has 3 heteroatoms. The Labute approximate surface area is 117 Å². The van der Waals surface area contributed by atoms with Crippen molar-refractivity contribution in [1.82, 2.24) is 4.90 Å². The smallest absolute Gasteiger partial charge is 0.233 e. The van der Waals surface area contributed by atoms with E-state index in [1.54, 1.807) is 0 Å². The van der Waals surface area contributed by atoms with Gasteiger partial charge in [0, 0.05) is 0 Å². The minimum absolute atomic E-state index is 0.121. The van der Waals surface area contributed by atoms with Gasteiger partial charge >= 0.3 is 0 Å². The second-order valence-electron chi connectivity index (χ2n) is 4.98. The lowest BCUT2D eigenvalue weighted by Gasteiger charge is -2.18. The van der Waals surface area contributed by atoms with Gasteiger partial charge in [0.2, 0.25) is 11.8 Å². The summed E-state index contributed by atoms with van der Waals surface area (Å²) in [6.07, 6.45) is 0.601. The second kappa shape index (κ2) is 5.29. The van der Waals surface area contributed by atoms with Crippen molar-refractivity contribution in [3.8, 4) is 0 Å². The van der Waals surface area contributed by atoms with Crippen LogP contribution in [-0.2, 0) is 29.0 Å². The van der Waals surface area contributed by atoms with E-state index in [0.29, 0.717) is 19.4 Å². The van der Waals surface area contributed by atoms with Gasteiger partial charge in [-0.15, -0.1) is 0 Å². The van der Waals surface area contributed by atoms with Crippen LogP contribution >= 0.6 is 0 Å². The number of hydrogen-bond donors (Lipinski definition) is 0. The number of hydrogen-bond acceptors (Lipinski definition) is 2. The maximum atomic E-state index is 12.3. The molecule has 0 spiro atoms. The van der Waals surface area contributed by atoms with Crippen molar-refractivity contribution in [3.63, 3.8) is 0 Å². The number of carbonyl (C=O) groups excluding carboxylic acids is 2. The fourth-order valence-electron chi connectivity index (χ4n) is 2.50. The Bertz CT molecular complexity index is 612. The molecule has 3 rings (SSSR count). The molecule has 1 aliphatic heterocycles. The predicted molar refractivity (Wildman–Crippen MR) is 75.8 cm³/mol. The molecule has 0 unspecified atom stereocenters. The van der Waals surface area contributed by atoms with Gasteiger partial charge in [-0.05, 0) is 16.7 Å². The van der Waals surface area contributed by atoms with Gasteiger partial charge in [-0.1, -0.05) is 54.6 Å². The number of rotatable bonds is 2. The summed E-state index contributed by atoms with van der Waals surface area (Å²) in [6, 6.07) is 17.3. The third kappa shape index (κ3) is 2.48. The van der Waals surface area contributed by atoms with Gasteiger partial charge in [-0.3, -0.25) is 14.5 Å². The van der Waals surface area contributed by atoms with E-state index >= 15 is 0 Å². The average Bonchev–Trinajstić information content (AvgIpc) is 2.58. The molecule has 0 saturated carbocycles. The van der Waals surface area contributed by atoms with E-state index in [1.165, 1.54) is 4.90 Å². The Kier molecular flexibility index (Phi) is 3.33. The third-order valence-corrected chi connectivity index (χ3v) is 3.59. The molecule has 2 aromatic rings. The van der Waals surface area contributed by atoms with Gasteiger partial charge in [0.25, 0.3) is 0 Å². The summed E-state index contributed by atoms with van der Waals surface area (Å²) in [7, 11) is 0. The van der Waals surface area contributed by atoms with Crippen LogP contribution in [-0.4, -0.2) is 16.7 Å². The molecule has 0 atom stereocenters. The first kappa shape index (κ1) is 12.6. The Hall–Kier alpha value is -2.42. The van der Waals surface area contributed by atoms with Crippen LogP contribution in [0.2, 0.25) is 0 Å². The highest BCUT2D eigenvalue weighted by molar-refractivity contribution is 5.98. The quantitative estimate of drug-likeness (QED) is 0.782. The fourth-order valence-corrected chi connectivity index (χ4v) is 2.50. The first-order valence-electron chi connectivity index (χ1n) is 6.68. The highest BCUT2D eigenvalue weighted by Gasteiger charge is 2.26. The van der Waals surface area contributed by atoms with E-state index in [-0.39, 0.29) is 11.8 Å². The lowest BCUT2D eigenvalue weighted by atomic mass is 10.0. The van der Waals surface area contributed by atoms with Crippen molar-refractivity contribution in [2.45, 2.75) is 19.4 Å². The van der Waals surface area contributed by atoms with Gasteiger partial charge in [-0.2, -0.15) is 0 Å². The van der Waals surface area contributed by atoms with Crippen LogP contribution in [0.15, 0.2) is 54.6 Å². The molecule has 0 fully saturated rings. The molecule has 1 aliphatic rings. The summed E-state index contributed by atoms with van der Waals surface area (Å²) in [5.74, 6) is -0.243. The first-order chi connectivity index (χ1) is 9.74. The van der Waals surface area contributed by atoms with E-state index in [1.807, 2.05) is 54.6 Å². The van der Waals surface area contributed by atoms with Gasteiger partial charge in [0.05, 0.1) is 19.4 Å². The molecule has 0 radical (unpaired) electrons. The van der Waals surface area contributed by atoms with E-state index in [2.05, 4.69) is 0 Å². The molecule has 100 valence electrons. The number of amides is 2. The Morgan fingerprint density at radius 2 is 1.25 bits per heavy atom. The van der Waals surface area contributed by atoms with Crippen molar-refractivity contribution in [1.29, 1.82) is 0 Å². The van der Waals surface area contributed by atoms with E-state index in [0.717, 1.165) is 16.7 Å². The van der Waals surface area contributed by atoms with Crippen molar-refractivity contribution < 1.29 is 9.59 Å². The SMILES string of the molecule is O=C1Cc2ccccc2CC(=O)N1Cc1ccccc1. The molecule has 0 aromatic heterocycles. The molecule has 3 nitrogen and oxygen atoms in total. The number of benzene rings is 2. The van der Waals surface area contributed by atoms with Gasteiger partial charge < -0.3 is 0 Å². The van der Waals surface area contributed by atoms with Crippen LogP contribution in [0.1, 0.15) is 16.7 Å². The largest absolute Gasteiger partial charge is 0.278 e. The first-order valence-corrected chi connectivity index (χ1v) is 6.68. The number of carbonyl (C=O) groups is 2. The molecular weight excluding hydrogens is 250 g/mol. The Morgan fingerprint density at radius 3 is 1.80 bits per heavy atom. The van der Waals surface area contributed by atoms with Crippen LogP contribution < -0.4 is 0 Å². The summed E-state index contributed by atoms with van der Waals surface area (Å²) in [5.41, 5.74) is 2.89. The summed E-state index contributed by atoms with van der Waals surface area (Å²) >= 11 is 0. The van der Waals surface area contributed by atoms with Gasteiger partial charge in [0.15, 0.2) is 0 Å². The Morgan fingerprint density at radius 1 is 0.750 bits per heavy atom. The van der Waals surface area contributed by atoms with Crippen LogP contribution in [0, 0.1) is 0 Å². The zero-order chi connectivity index (χ0) is 13.9. The number of nitrogens with zero attached hydrogens (tertiary/aromatic N) is 1. The topological polar surface area (TPSA) is 37.4 Å². The molecule has 1 heterocycles. The maximum absolute atomic E-state index is 12.3. The van der Waals surface area contributed by atoms with E-state index in [9.17, 15) is 9.59 Å². The molecule has 0 bridgehead atoms. The molecule has 20 heavy (non-hydrogen) atoms. The molecule has 2 aromatic carbocycles. The van der Waals surface area contributed by atoms with Crippen LogP contribution in [0.3, 0.4) is 0 Å².